The fourth-order valence-electron chi connectivity index (χ4n) is 3.43. The van der Waals surface area contributed by atoms with Crippen LogP contribution >= 0.6 is 0 Å². The number of hydrogen-bond acceptors (Lipinski definition) is 5. The second-order valence-electron chi connectivity index (χ2n) is 6.99. The summed E-state index contributed by atoms with van der Waals surface area (Å²) in [7, 11) is 0. The second-order valence-corrected chi connectivity index (χ2v) is 6.99. The summed E-state index contributed by atoms with van der Waals surface area (Å²) < 4.78 is 18.8. The Balaban J connectivity index is 1.54. The standard InChI is InChI=1S/C19H20FN5O2/c1-11-7-15(22-9-11)17-23-18(27-24-17)14-4-3-12(2)25(10-14)19(26)13-5-6-21-16(20)8-13/h5-9,12,14,22H,3-4,10H2,1-2H3/t12-,14+/m1/s1. The number of halogens is 1. The van der Waals surface area contributed by atoms with Crippen LogP contribution in [-0.2, 0) is 0 Å². The Morgan fingerprint density at radius 3 is 2.96 bits per heavy atom. The highest BCUT2D eigenvalue weighted by Gasteiger charge is 2.33. The van der Waals surface area contributed by atoms with Gasteiger partial charge in [-0.2, -0.15) is 9.37 Å². The van der Waals surface area contributed by atoms with Gasteiger partial charge in [0.15, 0.2) is 0 Å². The molecule has 0 saturated carbocycles. The van der Waals surface area contributed by atoms with E-state index in [2.05, 4.69) is 20.1 Å². The Hall–Kier alpha value is -3.03. The minimum atomic E-state index is -0.662. The number of nitrogens with one attached hydrogen (secondary N) is 1. The van der Waals surface area contributed by atoms with E-state index >= 15 is 0 Å². The minimum Gasteiger partial charge on any atom is -0.358 e. The van der Waals surface area contributed by atoms with E-state index in [0.717, 1.165) is 30.2 Å². The van der Waals surface area contributed by atoms with E-state index in [0.29, 0.717) is 23.8 Å². The van der Waals surface area contributed by atoms with Crippen LogP contribution in [0.1, 0.15) is 47.5 Å². The first-order valence-corrected chi connectivity index (χ1v) is 8.93. The molecule has 1 amide bonds. The largest absolute Gasteiger partial charge is 0.358 e. The van der Waals surface area contributed by atoms with Gasteiger partial charge in [-0.1, -0.05) is 5.16 Å². The van der Waals surface area contributed by atoms with Crippen LogP contribution in [0.15, 0.2) is 35.1 Å². The number of hydrogen-bond donors (Lipinski definition) is 1. The Morgan fingerprint density at radius 1 is 1.37 bits per heavy atom. The fourth-order valence-corrected chi connectivity index (χ4v) is 3.43. The van der Waals surface area contributed by atoms with E-state index in [1.54, 1.807) is 4.90 Å². The third-order valence-electron chi connectivity index (χ3n) is 4.98. The summed E-state index contributed by atoms with van der Waals surface area (Å²) in [5.74, 6) is 0.0980. The van der Waals surface area contributed by atoms with E-state index in [1.807, 2.05) is 26.1 Å². The van der Waals surface area contributed by atoms with Crippen LogP contribution in [0.4, 0.5) is 4.39 Å². The smallest absolute Gasteiger partial charge is 0.254 e. The molecular formula is C19H20FN5O2. The van der Waals surface area contributed by atoms with Crippen LogP contribution in [0, 0.1) is 12.9 Å². The molecule has 1 saturated heterocycles. The number of carbonyl (C=O) groups is 1. The number of nitrogens with zero attached hydrogens (tertiary/aromatic N) is 4. The normalized spacial score (nSPS) is 20.0. The molecule has 4 rings (SSSR count). The molecule has 1 fully saturated rings. The molecule has 140 valence electrons. The molecule has 0 unspecified atom stereocenters. The minimum absolute atomic E-state index is 0.0471. The van der Waals surface area contributed by atoms with Crippen molar-refractivity contribution in [2.24, 2.45) is 0 Å². The van der Waals surface area contributed by atoms with Crippen molar-refractivity contribution in [2.45, 2.75) is 38.6 Å². The van der Waals surface area contributed by atoms with E-state index in [9.17, 15) is 9.18 Å². The number of aryl methyl sites for hydroxylation is 1. The molecule has 0 aliphatic carbocycles. The van der Waals surface area contributed by atoms with Crippen LogP contribution in [0.3, 0.4) is 0 Å². The summed E-state index contributed by atoms with van der Waals surface area (Å²) in [4.78, 5) is 25.7. The van der Waals surface area contributed by atoms with Crippen molar-refractivity contribution in [3.8, 4) is 11.5 Å². The van der Waals surface area contributed by atoms with Gasteiger partial charge in [0.05, 0.1) is 11.6 Å². The number of rotatable bonds is 3. The molecule has 1 aliphatic heterocycles. The number of pyridine rings is 1. The fraction of sp³-hybridized carbons (Fsp3) is 0.368. The molecule has 27 heavy (non-hydrogen) atoms. The van der Waals surface area contributed by atoms with E-state index in [-0.39, 0.29) is 17.9 Å². The first kappa shape index (κ1) is 17.4. The maximum absolute atomic E-state index is 13.4. The topological polar surface area (TPSA) is 87.9 Å². The molecule has 0 spiro atoms. The molecule has 1 aliphatic rings. The molecule has 2 atom stereocenters. The predicted molar refractivity (Wildman–Crippen MR) is 95.5 cm³/mol. The summed E-state index contributed by atoms with van der Waals surface area (Å²) in [6.45, 7) is 4.43. The highest BCUT2D eigenvalue weighted by Crippen LogP contribution is 2.31. The molecule has 8 heteroatoms. The molecule has 1 N–H and O–H groups in total. The lowest BCUT2D eigenvalue weighted by Gasteiger charge is -2.36. The summed E-state index contributed by atoms with van der Waals surface area (Å²) in [5, 5.41) is 4.05. The van der Waals surface area contributed by atoms with Crippen molar-refractivity contribution in [3.05, 3.63) is 53.6 Å². The van der Waals surface area contributed by atoms with Crippen LogP contribution in [0.25, 0.3) is 11.5 Å². The molecular weight excluding hydrogens is 349 g/mol. The lowest BCUT2D eigenvalue weighted by molar-refractivity contribution is 0.0592. The van der Waals surface area contributed by atoms with Crippen molar-refractivity contribution in [1.29, 1.82) is 0 Å². The molecule has 3 aromatic rings. The van der Waals surface area contributed by atoms with Crippen molar-refractivity contribution >= 4 is 5.91 Å². The zero-order valence-electron chi connectivity index (χ0n) is 15.1. The van der Waals surface area contributed by atoms with Crippen LogP contribution in [0.2, 0.25) is 0 Å². The Bertz CT molecular complexity index is 966. The SMILES string of the molecule is Cc1c[nH]c(-c2noc([C@H]3CC[C@@H](C)N(C(=O)c4ccnc(F)c4)C3)n2)c1. The molecule has 4 heterocycles. The average Bonchev–Trinajstić information content (AvgIpc) is 3.30. The van der Waals surface area contributed by atoms with E-state index in [1.165, 1.54) is 12.3 Å². The summed E-state index contributed by atoms with van der Waals surface area (Å²) in [6.07, 6.45) is 4.84. The first-order valence-electron chi connectivity index (χ1n) is 8.93. The number of aromatic nitrogens is 4. The highest BCUT2D eigenvalue weighted by molar-refractivity contribution is 5.94. The summed E-state index contributed by atoms with van der Waals surface area (Å²) in [6, 6.07) is 4.70. The maximum Gasteiger partial charge on any atom is 0.254 e. The van der Waals surface area contributed by atoms with Gasteiger partial charge < -0.3 is 14.4 Å². The first-order chi connectivity index (χ1) is 13.0. The Kier molecular flexibility index (Phi) is 4.47. The Labute approximate surface area is 155 Å². The molecule has 0 radical (unpaired) electrons. The second kappa shape index (κ2) is 6.94. The molecule has 0 bridgehead atoms. The van der Waals surface area contributed by atoms with Gasteiger partial charge in [0.2, 0.25) is 17.7 Å². The van der Waals surface area contributed by atoms with Crippen LogP contribution < -0.4 is 0 Å². The maximum atomic E-state index is 13.4. The van der Waals surface area contributed by atoms with Crippen molar-refractivity contribution in [3.63, 3.8) is 0 Å². The molecule has 3 aromatic heterocycles. The Morgan fingerprint density at radius 2 is 2.22 bits per heavy atom. The van der Waals surface area contributed by atoms with Gasteiger partial charge in [-0.3, -0.25) is 4.79 Å². The third kappa shape index (κ3) is 3.47. The number of amides is 1. The van der Waals surface area contributed by atoms with Crippen LogP contribution in [-0.4, -0.2) is 43.5 Å². The predicted octanol–water partition coefficient (Wildman–Crippen LogP) is 3.32. The lowest BCUT2D eigenvalue weighted by atomic mass is 9.92. The molecule has 0 aromatic carbocycles. The van der Waals surface area contributed by atoms with E-state index < -0.39 is 5.95 Å². The monoisotopic (exact) mass is 369 g/mol. The lowest BCUT2D eigenvalue weighted by Crippen LogP contribution is -2.45. The zero-order chi connectivity index (χ0) is 19.0. The number of piperidine rings is 1. The van der Waals surface area contributed by atoms with Crippen molar-refractivity contribution in [2.75, 3.05) is 6.54 Å². The zero-order valence-corrected chi connectivity index (χ0v) is 15.1. The van der Waals surface area contributed by atoms with Gasteiger partial charge in [-0.25, -0.2) is 4.98 Å². The van der Waals surface area contributed by atoms with Crippen molar-refractivity contribution < 1.29 is 13.7 Å². The number of likely N-dealkylation sites (tertiary alicyclic amines) is 1. The molecule has 7 nitrogen and oxygen atoms in total. The van der Waals surface area contributed by atoms with Gasteiger partial charge in [-0.15, -0.1) is 0 Å². The highest BCUT2D eigenvalue weighted by atomic mass is 19.1. The average molecular weight is 369 g/mol. The van der Waals surface area contributed by atoms with Gasteiger partial charge in [0.25, 0.3) is 5.91 Å². The van der Waals surface area contributed by atoms with Crippen LogP contribution in [0.5, 0.6) is 0 Å². The quantitative estimate of drug-likeness (QED) is 0.716. The van der Waals surface area contributed by atoms with Gasteiger partial charge in [-0.05, 0) is 44.4 Å². The summed E-state index contributed by atoms with van der Waals surface area (Å²) in [5.41, 5.74) is 2.18. The number of carbonyl (C=O) groups excluding carboxylic acids is 1. The van der Waals surface area contributed by atoms with Gasteiger partial charge in [0, 0.05) is 36.6 Å². The van der Waals surface area contributed by atoms with E-state index in [4.69, 9.17) is 4.52 Å². The van der Waals surface area contributed by atoms with Crippen molar-refractivity contribution in [1.82, 2.24) is 25.0 Å². The van der Waals surface area contributed by atoms with Gasteiger partial charge in [0.1, 0.15) is 0 Å². The third-order valence-corrected chi connectivity index (χ3v) is 4.98. The number of H-pyrrole nitrogens is 1. The summed E-state index contributed by atoms with van der Waals surface area (Å²) >= 11 is 0. The number of aromatic amines is 1. The van der Waals surface area contributed by atoms with Gasteiger partial charge >= 0.3 is 0 Å².